The summed E-state index contributed by atoms with van der Waals surface area (Å²) in [5.74, 6) is -0.129. The predicted molar refractivity (Wildman–Crippen MR) is 75.4 cm³/mol. The normalized spacial score (nSPS) is 17.3. The molecule has 3 heteroatoms. The summed E-state index contributed by atoms with van der Waals surface area (Å²) in [7, 11) is 0. The van der Waals surface area contributed by atoms with Crippen LogP contribution in [0.25, 0.3) is 0 Å². The molecule has 1 aliphatic heterocycles. The maximum atomic E-state index is 13.7. The van der Waals surface area contributed by atoms with Crippen molar-refractivity contribution in [2.45, 2.75) is 18.9 Å². The van der Waals surface area contributed by atoms with Crippen molar-refractivity contribution in [2.24, 2.45) is 0 Å². The van der Waals surface area contributed by atoms with Crippen LogP contribution in [0.3, 0.4) is 0 Å². The molecule has 1 heterocycles. The van der Waals surface area contributed by atoms with Crippen molar-refractivity contribution in [3.8, 4) is 0 Å². The van der Waals surface area contributed by atoms with Gasteiger partial charge in [-0.1, -0.05) is 34.1 Å². The number of fused-ring (bicyclic) bond motifs is 1. The molecule has 1 unspecified atom stereocenters. The minimum Gasteiger partial charge on any atom is -0.381 e. The molecule has 0 radical (unpaired) electrons. The Morgan fingerprint density at radius 3 is 2.89 bits per heavy atom. The van der Waals surface area contributed by atoms with E-state index in [0.29, 0.717) is 6.42 Å². The standard InChI is InChI=1S/C15H13BrFN/c16-12-5-6-14(17)11(7-12)9-13-8-10-3-1-2-4-15(10)18-13/h1-7,13,18H,8-9H2. The van der Waals surface area contributed by atoms with Gasteiger partial charge >= 0.3 is 0 Å². The summed E-state index contributed by atoms with van der Waals surface area (Å²) >= 11 is 3.39. The number of halogens is 2. The first-order chi connectivity index (χ1) is 8.72. The zero-order valence-electron chi connectivity index (χ0n) is 9.79. The summed E-state index contributed by atoms with van der Waals surface area (Å²) in [6, 6.07) is 13.7. The molecule has 0 aliphatic carbocycles. The minimum atomic E-state index is -0.129. The highest BCUT2D eigenvalue weighted by atomic mass is 79.9. The van der Waals surface area contributed by atoms with Gasteiger partial charge < -0.3 is 5.32 Å². The Morgan fingerprint density at radius 1 is 1.22 bits per heavy atom. The molecule has 18 heavy (non-hydrogen) atoms. The van der Waals surface area contributed by atoms with Crippen molar-refractivity contribution in [1.29, 1.82) is 0 Å². The monoisotopic (exact) mass is 305 g/mol. The predicted octanol–water partition coefficient (Wildman–Crippen LogP) is 4.17. The fourth-order valence-electron chi connectivity index (χ4n) is 2.46. The Balaban J connectivity index is 1.78. The van der Waals surface area contributed by atoms with Crippen LogP contribution < -0.4 is 5.32 Å². The lowest BCUT2D eigenvalue weighted by Crippen LogP contribution is -2.19. The van der Waals surface area contributed by atoms with Crippen LogP contribution >= 0.6 is 15.9 Å². The third-order valence-electron chi connectivity index (χ3n) is 3.32. The summed E-state index contributed by atoms with van der Waals surface area (Å²) in [6.45, 7) is 0. The van der Waals surface area contributed by atoms with E-state index in [4.69, 9.17) is 0 Å². The van der Waals surface area contributed by atoms with Gasteiger partial charge in [0.2, 0.25) is 0 Å². The van der Waals surface area contributed by atoms with Crippen LogP contribution in [0.4, 0.5) is 10.1 Å². The molecule has 92 valence electrons. The summed E-state index contributed by atoms with van der Waals surface area (Å²) in [5.41, 5.74) is 3.26. The maximum absolute atomic E-state index is 13.7. The van der Waals surface area contributed by atoms with Crippen LogP contribution in [0.5, 0.6) is 0 Å². The fourth-order valence-corrected chi connectivity index (χ4v) is 2.87. The second-order valence-electron chi connectivity index (χ2n) is 4.64. The van der Waals surface area contributed by atoms with Gasteiger partial charge in [0.25, 0.3) is 0 Å². The van der Waals surface area contributed by atoms with Crippen molar-refractivity contribution < 1.29 is 4.39 Å². The highest BCUT2D eigenvalue weighted by Gasteiger charge is 2.21. The smallest absolute Gasteiger partial charge is 0.126 e. The molecule has 3 rings (SSSR count). The van der Waals surface area contributed by atoms with Gasteiger partial charge in [0, 0.05) is 16.2 Å². The summed E-state index contributed by atoms with van der Waals surface area (Å²) in [4.78, 5) is 0. The molecule has 1 nitrogen and oxygen atoms in total. The summed E-state index contributed by atoms with van der Waals surface area (Å²) in [6.07, 6.45) is 1.67. The lowest BCUT2D eigenvalue weighted by molar-refractivity contribution is 0.597. The van der Waals surface area contributed by atoms with E-state index in [9.17, 15) is 4.39 Å². The highest BCUT2D eigenvalue weighted by molar-refractivity contribution is 9.10. The zero-order chi connectivity index (χ0) is 12.5. The summed E-state index contributed by atoms with van der Waals surface area (Å²) < 4.78 is 14.6. The number of rotatable bonds is 2. The third-order valence-corrected chi connectivity index (χ3v) is 3.81. The molecule has 1 atom stereocenters. The molecule has 2 aromatic carbocycles. The van der Waals surface area contributed by atoms with Gasteiger partial charge in [-0.25, -0.2) is 4.39 Å². The number of hydrogen-bond acceptors (Lipinski definition) is 1. The summed E-state index contributed by atoms with van der Waals surface area (Å²) in [5, 5.41) is 3.45. The van der Waals surface area contributed by atoms with Crippen LogP contribution in [0.15, 0.2) is 46.9 Å². The van der Waals surface area contributed by atoms with Gasteiger partial charge in [-0.2, -0.15) is 0 Å². The van der Waals surface area contributed by atoms with Gasteiger partial charge in [0.15, 0.2) is 0 Å². The van der Waals surface area contributed by atoms with Gasteiger partial charge in [0.1, 0.15) is 5.82 Å². The minimum absolute atomic E-state index is 0.129. The van der Waals surface area contributed by atoms with Gasteiger partial charge in [-0.15, -0.1) is 0 Å². The Hall–Kier alpha value is -1.35. The molecule has 2 aromatic rings. The molecule has 0 fully saturated rings. The second-order valence-corrected chi connectivity index (χ2v) is 5.56. The Morgan fingerprint density at radius 2 is 2.06 bits per heavy atom. The number of para-hydroxylation sites is 1. The molecule has 1 N–H and O–H groups in total. The van der Waals surface area contributed by atoms with E-state index in [1.165, 1.54) is 17.3 Å². The van der Waals surface area contributed by atoms with Gasteiger partial charge in [-0.05, 0) is 48.2 Å². The van der Waals surface area contributed by atoms with E-state index in [2.05, 4.69) is 33.4 Å². The maximum Gasteiger partial charge on any atom is 0.126 e. The van der Waals surface area contributed by atoms with E-state index in [1.807, 2.05) is 18.2 Å². The number of hydrogen-bond donors (Lipinski definition) is 1. The molecule has 0 aromatic heterocycles. The first-order valence-corrected chi connectivity index (χ1v) is 6.80. The van der Waals surface area contributed by atoms with E-state index in [1.54, 1.807) is 6.07 Å². The van der Waals surface area contributed by atoms with Crippen LogP contribution in [0, 0.1) is 5.82 Å². The Labute approximate surface area is 114 Å². The number of nitrogens with one attached hydrogen (secondary N) is 1. The lowest BCUT2D eigenvalue weighted by atomic mass is 10.0. The second kappa shape index (κ2) is 4.73. The molecular formula is C15H13BrFN. The van der Waals surface area contributed by atoms with Gasteiger partial charge in [-0.3, -0.25) is 0 Å². The Kier molecular flexibility index (Phi) is 3.08. The van der Waals surface area contributed by atoms with E-state index >= 15 is 0 Å². The molecular weight excluding hydrogens is 293 g/mol. The van der Waals surface area contributed by atoms with Crippen molar-refractivity contribution in [3.63, 3.8) is 0 Å². The first-order valence-electron chi connectivity index (χ1n) is 6.01. The third kappa shape index (κ3) is 2.27. The van der Waals surface area contributed by atoms with Crippen molar-refractivity contribution in [3.05, 3.63) is 63.9 Å². The van der Waals surface area contributed by atoms with Crippen LogP contribution in [0.1, 0.15) is 11.1 Å². The topological polar surface area (TPSA) is 12.0 Å². The Bertz CT molecular complexity index is 557. The molecule has 0 bridgehead atoms. The van der Waals surface area contributed by atoms with Crippen molar-refractivity contribution in [2.75, 3.05) is 5.32 Å². The van der Waals surface area contributed by atoms with Crippen LogP contribution in [-0.4, -0.2) is 6.04 Å². The van der Waals surface area contributed by atoms with E-state index in [-0.39, 0.29) is 11.9 Å². The molecule has 0 saturated heterocycles. The van der Waals surface area contributed by atoms with Crippen molar-refractivity contribution in [1.82, 2.24) is 0 Å². The van der Waals surface area contributed by atoms with E-state index < -0.39 is 0 Å². The average molecular weight is 306 g/mol. The molecule has 0 amide bonds. The first kappa shape index (κ1) is 11.7. The van der Waals surface area contributed by atoms with Crippen LogP contribution in [0.2, 0.25) is 0 Å². The molecule has 0 spiro atoms. The largest absolute Gasteiger partial charge is 0.381 e. The number of benzene rings is 2. The quantitative estimate of drug-likeness (QED) is 0.878. The highest BCUT2D eigenvalue weighted by Crippen LogP contribution is 2.28. The molecule has 0 saturated carbocycles. The number of anilines is 1. The average Bonchev–Trinajstić information content (AvgIpc) is 2.76. The van der Waals surface area contributed by atoms with Crippen molar-refractivity contribution >= 4 is 21.6 Å². The molecule has 1 aliphatic rings. The lowest BCUT2D eigenvalue weighted by Gasteiger charge is -2.12. The van der Waals surface area contributed by atoms with Crippen LogP contribution in [-0.2, 0) is 12.8 Å². The zero-order valence-corrected chi connectivity index (χ0v) is 11.4. The van der Waals surface area contributed by atoms with E-state index in [0.717, 1.165) is 16.5 Å². The SMILES string of the molecule is Fc1ccc(Br)cc1CC1Cc2ccccc2N1. The van der Waals surface area contributed by atoms with Gasteiger partial charge in [0.05, 0.1) is 0 Å². The fraction of sp³-hybridized carbons (Fsp3) is 0.200.